The number of hydrogen-bond acceptors (Lipinski definition) is 4. The Balaban J connectivity index is 1.71. The van der Waals surface area contributed by atoms with Crippen LogP contribution in [0.1, 0.15) is 32.1 Å². The average Bonchev–Trinajstić information content (AvgIpc) is 3.22. The summed E-state index contributed by atoms with van der Waals surface area (Å²) in [6.07, 6.45) is 2.37. The van der Waals surface area contributed by atoms with Gasteiger partial charge in [-0.15, -0.1) is 0 Å². The molecule has 0 fully saturated rings. The summed E-state index contributed by atoms with van der Waals surface area (Å²) in [4.78, 5) is 29.8. The molecule has 0 bridgehead atoms. The standard InChI is InChI=1S/C18H18N4O3/c1-21-16(5-7-19-21)17(23)22-8-6-15-13(10-22)12-9-11(18(24)25-2)3-4-14(12)20-15/h3-5,7,9,20H,6,8,10H2,1-2H3. The number of aryl methyl sites for hydroxylation is 1. The first kappa shape index (κ1) is 15.4. The number of aromatic amines is 1. The molecular weight excluding hydrogens is 320 g/mol. The minimum Gasteiger partial charge on any atom is -0.465 e. The number of esters is 1. The highest BCUT2D eigenvalue weighted by molar-refractivity contribution is 5.97. The van der Waals surface area contributed by atoms with Gasteiger partial charge in [0, 0.05) is 54.9 Å². The summed E-state index contributed by atoms with van der Waals surface area (Å²) in [5.74, 6) is -0.403. The first-order valence-corrected chi connectivity index (χ1v) is 8.07. The third-order valence-electron chi connectivity index (χ3n) is 4.72. The van der Waals surface area contributed by atoms with Crippen LogP contribution in [0.3, 0.4) is 0 Å². The number of methoxy groups -OCH3 is 1. The molecule has 3 heterocycles. The van der Waals surface area contributed by atoms with Crippen LogP contribution in [0.5, 0.6) is 0 Å². The third kappa shape index (κ3) is 2.48. The summed E-state index contributed by atoms with van der Waals surface area (Å²) in [7, 11) is 3.13. The molecule has 1 N–H and O–H groups in total. The Bertz CT molecular complexity index is 986. The van der Waals surface area contributed by atoms with Gasteiger partial charge in [0.2, 0.25) is 0 Å². The van der Waals surface area contributed by atoms with E-state index in [4.69, 9.17) is 4.74 Å². The monoisotopic (exact) mass is 338 g/mol. The largest absolute Gasteiger partial charge is 0.465 e. The molecule has 0 radical (unpaired) electrons. The van der Waals surface area contributed by atoms with Gasteiger partial charge in [-0.05, 0) is 24.3 Å². The fourth-order valence-corrected chi connectivity index (χ4v) is 3.38. The summed E-state index contributed by atoms with van der Waals surface area (Å²) >= 11 is 0. The second-order valence-electron chi connectivity index (χ2n) is 6.15. The number of nitrogens with zero attached hydrogens (tertiary/aromatic N) is 3. The molecule has 0 saturated heterocycles. The maximum Gasteiger partial charge on any atom is 0.337 e. The van der Waals surface area contributed by atoms with Crippen LogP contribution >= 0.6 is 0 Å². The Morgan fingerprint density at radius 1 is 1.28 bits per heavy atom. The van der Waals surface area contributed by atoms with Crippen LogP contribution < -0.4 is 0 Å². The van der Waals surface area contributed by atoms with Crippen molar-refractivity contribution in [1.82, 2.24) is 19.7 Å². The van der Waals surface area contributed by atoms with Crippen LogP contribution in [-0.2, 0) is 24.8 Å². The summed E-state index contributed by atoms with van der Waals surface area (Å²) in [5.41, 5.74) is 4.21. The van der Waals surface area contributed by atoms with E-state index in [0.717, 1.165) is 28.6 Å². The number of benzene rings is 1. The average molecular weight is 338 g/mol. The molecule has 1 aromatic carbocycles. The normalized spacial score (nSPS) is 13.8. The van der Waals surface area contributed by atoms with Crippen molar-refractivity contribution in [3.8, 4) is 0 Å². The molecule has 2 aromatic heterocycles. The summed E-state index contributed by atoms with van der Waals surface area (Å²) < 4.78 is 6.39. The predicted molar refractivity (Wildman–Crippen MR) is 91.3 cm³/mol. The van der Waals surface area contributed by atoms with Gasteiger partial charge in [0.1, 0.15) is 5.69 Å². The Hall–Kier alpha value is -3.09. The highest BCUT2D eigenvalue weighted by atomic mass is 16.5. The lowest BCUT2D eigenvalue weighted by molar-refractivity contribution is 0.0600. The molecule has 4 rings (SSSR count). The Labute approximate surface area is 144 Å². The summed E-state index contributed by atoms with van der Waals surface area (Å²) in [5, 5.41) is 5.03. The van der Waals surface area contributed by atoms with Crippen LogP contribution in [0.25, 0.3) is 10.9 Å². The number of nitrogens with one attached hydrogen (secondary N) is 1. The van der Waals surface area contributed by atoms with E-state index >= 15 is 0 Å². The number of amides is 1. The molecule has 0 saturated carbocycles. The number of H-pyrrole nitrogens is 1. The molecule has 128 valence electrons. The van der Waals surface area contributed by atoms with Gasteiger partial charge in [-0.1, -0.05) is 0 Å². The zero-order valence-corrected chi connectivity index (χ0v) is 14.1. The second-order valence-corrected chi connectivity index (χ2v) is 6.15. The van der Waals surface area contributed by atoms with E-state index in [0.29, 0.717) is 24.3 Å². The SMILES string of the molecule is COC(=O)c1ccc2[nH]c3c(c2c1)CN(C(=O)c1ccnn1C)CC3. The van der Waals surface area contributed by atoms with Gasteiger partial charge in [0.15, 0.2) is 0 Å². The number of carbonyl (C=O) groups excluding carboxylic acids is 2. The number of fused-ring (bicyclic) bond motifs is 3. The molecule has 3 aromatic rings. The minimum atomic E-state index is -0.365. The maximum absolute atomic E-state index is 12.8. The van der Waals surface area contributed by atoms with Gasteiger partial charge in [0.25, 0.3) is 5.91 Å². The minimum absolute atomic E-state index is 0.0378. The van der Waals surface area contributed by atoms with E-state index in [1.54, 1.807) is 30.1 Å². The zero-order valence-electron chi connectivity index (χ0n) is 14.1. The Morgan fingerprint density at radius 3 is 2.84 bits per heavy atom. The summed E-state index contributed by atoms with van der Waals surface area (Å²) in [6, 6.07) is 7.18. The van der Waals surface area contributed by atoms with Crippen molar-refractivity contribution in [3.63, 3.8) is 0 Å². The van der Waals surface area contributed by atoms with E-state index in [-0.39, 0.29) is 11.9 Å². The molecule has 0 atom stereocenters. The van der Waals surface area contributed by atoms with Crippen LogP contribution in [0.2, 0.25) is 0 Å². The lowest BCUT2D eigenvalue weighted by atomic mass is 10.0. The molecule has 0 aliphatic carbocycles. The number of aromatic nitrogens is 3. The smallest absolute Gasteiger partial charge is 0.337 e. The van der Waals surface area contributed by atoms with Gasteiger partial charge in [0.05, 0.1) is 12.7 Å². The van der Waals surface area contributed by atoms with Crippen LogP contribution in [-0.4, -0.2) is 45.2 Å². The number of carbonyl (C=O) groups is 2. The van der Waals surface area contributed by atoms with Gasteiger partial charge in [-0.2, -0.15) is 5.10 Å². The van der Waals surface area contributed by atoms with E-state index < -0.39 is 0 Å². The first-order chi connectivity index (χ1) is 12.1. The Kier molecular flexibility index (Phi) is 3.56. The van der Waals surface area contributed by atoms with Gasteiger partial charge in [-0.25, -0.2) is 4.79 Å². The number of ether oxygens (including phenoxy) is 1. The topological polar surface area (TPSA) is 80.2 Å². The van der Waals surface area contributed by atoms with Crippen molar-refractivity contribution in [3.05, 3.63) is 53.0 Å². The van der Waals surface area contributed by atoms with Crippen molar-refractivity contribution in [2.75, 3.05) is 13.7 Å². The van der Waals surface area contributed by atoms with Gasteiger partial charge < -0.3 is 14.6 Å². The molecule has 7 nitrogen and oxygen atoms in total. The highest BCUT2D eigenvalue weighted by Gasteiger charge is 2.26. The highest BCUT2D eigenvalue weighted by Crippen LogP contribution is 2.29. The van der Waals surface area contributed by atoms with Crippen molar-refractivity contribution < 1.29 is 14.3 Å². The Morgan fingerprint density at radius 2 is 2.12 bits per heavy atom. The predicted octanol–water partition coefficient (Wildman–Crippen LogP) is 1.89. The third-order valence-corrected chi connectivity index (χ3v) is 4.72. The molecule has 1 aliphatic rings. The van der Waals surface area contributed by atoms with E-state index in [9.17, 15) is 9.59 Å². The number of rotatable bonds is 2. The van der Waals surface area contributed by atoms with Crippen molar-refractivity contribution in [2.45, 2.75) is 13.0 Å². The molecule has 7 heteroatoms. The molecule has 25 heavy (non-hydrogen) atoms. The molecule has 0 spiro atoms. The summed E-state index contributed by atoms with van der Waals surface area (Å²) in [6.45, 7) is 1.15. The van der Waals surface area contributed by atoms with Crippen LogP contribution in [0.15, 0.2) is 30.5 Å². The van der Waals surface area contributed by atoms with E-state index in [1.165, 1.54) is 7.11 Å². The van der Waals surface area contributed by atoms with E-state index in [1.807, 2.05) is 17.0 Å². The van der Waals surface area contributed by atoms with Crippen molar-refractivity contribution in [2.24, 2.45) is 7.05 Å². The maximum atomic E-state index is 12.8. The lowest BCUT2D eigenvalue weighted by Gasteiger charge is -2.27. The van der Waals surface area contributed by atoms with Crippen LogP contribution in [0.4, 0.5) is 0 Å². The second kappa shape index (κ2) is 5.77. The van der Waals surface area contributed by atoms with Crippen molar-refractivity contribution in [1.29, 1.82) is 0 Å². The first-order valence-electron chi connectivity index (χ1n) is 8.07. The zero-order chi connectivity index (χ0) is 17.6. The van der Waals surface area contributed by atoms with Crippen molar-refractivity contribution >= 4 is 22.8 Å². The number of hydrogen-bond donors (Lipinski definition) is 1. The lowest BCUT2D eigenvalue weighted by Crippen LogP contribution is -2.36. The molecule has 1 amide bonds. The fourth-order valence-electron chi connectivity index (χ4n) is 3.38. The van der Waals surface area contributed by atoms with E-state index in [2.05, 4.69) is 10.1 Å². The van der Waals surface area contributed by atoms with Crippen LogP contribution in [0, 0.1) is 0 Å². The quantitative estimate of drug-likeness (QED) is 0.724. The molecule has 1 aliphatic heterocycles. The van der Waals surface area contributed by atoms with Gasteiger partial charge in [-0.3, -0.25) is 9.48 Å². The molecular formula is C18H18N4O3. The fraction of sp³-hybridized carbons (Fsp3) is 0.278. The van der Waals surface area contributed by atoms with Gasteiger partial charge >= 0.3 is 5.97 Å². The molecule has 0 unspecified atom stereocenters.